The van der Waals surface area contributed by atoms with Gasteiger partial charge in [0.15, 0.2) is 16.7 Å². The van der Waals surface area contributed by atoms with Gasteiger partial charge in [0.1, 0.15) is 11.0 Å². The number of benzene rings is 3. The molecular weight excluding hydrogens is 504 g/mol. The minimum Gasteiger partial charge on any atom is -0.508 e. The summed E-state index contributed by atoms with van der Waals surface area (Å²) in [5.41, 5.74) is 1.58. The normalized spacial score (nSPS) is 16.6. The van der Waals surface area contributed by atoms with Gasteiger partial charge in [0.25, 0.3) is 0 Å². The molecule has 184 valence electrons. The highest BCUT2D eigenvalue weighted by Crippen LogP contribution is 2.35. The number of methoxy groups -OCH3 is 1. The van der Waals surface area contributed by atoms with Crippen molar-refractivity contribution in [2.24, 2.45) is 10.2 Å². The first-order chi connectivity index (χ1) is 17.3. The van der Waals surface area contributed by atoms with E-state index in [1.165, 1.54) is 36.4 Å². The number of thioether (sulfide) groups is 1. The number of nitrogens with zero attached hydrogens (tertiary/aromatic N) is 3. The van der Waals surface area contributed by atoms with Crippen LogP contribution in [0.15, 0.2) is 76.9 Å². The molecule has 2 amide bonds. The van der Waals surface area contributed by atoms with E-state index in [0.717, 1.165) is 11.8 Å². The molecule has 0 saturated carbocycles. The van der Waals surface area contributed by atoms with E-state index < -0.39 is 5.25 Å². The average Bonchev–Trinajstić information content (AvgIpc) is 3.16. The Labute approximate surface area is 216 Å². The fourth-order valence-corrected chi connectivity index (χ4v) is 4.59. The smallest absolute Gasteiger partial charge is 0.247 e. The molecule has 1 atom stereocenters. The number of anilines is 2. The Morgan fingerprint density at radius 1 is 1.17 bits per heavy atom. The van der Waals surface area contributed by atoms with Crippen LogP contribution in [0.5, 0.6) is 17.2 Å². The fourth-order valence-electron chi connectivity index (χ4n) is 3.37. The van der Waals surface area contributed by atoms with Crippen LogP contribution in [-0.2, 0) is 9.59 Å². The van der Waals surface area contributed by atoms with Gasteiger partial charge in [-0.25, -0.2) is 0 Å². The van der Waals surface area contributed by atoms with Gasteiger partial charge in [0.05, 0.1) is 19.0 Å². The van der Waals surface area contributed by atoms with Gasteiger partial charge < -0.3 is 20.3 Å². The zero-order valence-electron chi connectivity index (χ0n) is 19.0. The lowest BCUT2D eigenvalue weighted by Gasteiger charge is -2.16. The number of halogens is 1. The summed E-state index contributed by atoms with van der Waals surface area (Å²) in [5.74, 6) is -0.455. The molecule has 3 N–H and O–H groups in total. The predicted molar refractivity (Wildman–Crippen MR) is 141 cm³/mol. The van der Waals surface area contributed by atoms with Gasteiger partial charge in [-0.05, 0) is 60.2 Å². The molecule has 1 heterocycles. The standard InChI is InChI=1S/C25H21ClN4O5S/c1-35-21-11-15(5-10-20(21)32)14-27-29-25-30(18-3-2-4-19(31)12-18)24(34)22(36-25)13-23(33)28-17-8-6-16(26)7-9-17/h2-12,14,22,31-32H,13H2,1H3,(H,28,33)/b27-14+,29-25+. The number of ether oxygens (including phenoxy) is 1. The molecule has 1 aliphatic heterocycles. The SMILES string of the molecule is COc1cc(/C=N/N=C2/SC(CC(=O)Nc3ccc(Cl)cc3)C(=O)N2c2cccc(O)c2)ccc1O. The largest absolute Gasteiger partial charge is 0.508 e. The zero-order chi connectivity index (χ0) is 25.7. The van der Waals surface area contributed by atoms with Crippen molar-refractivity contribution in [3.05, 3.63) is 77.3 Å². The monoisotopic (exact) mass is 524 g/mol. The summed E-state index contributed by atoms with van der Waals surface area (Å²) < 4.78 is 5.09. The number of amides is 2. The van der Waals surface area contributed by atoms with Crippen molar-refractivity contribution in [2.45, 2.75) is 11.7 Å². The van der Waals surface area contributed by atoms with Crippen LogP contribution in [0, 0.1) is 0 Å². The third-order valence-electron chi connectivity index (χ3n) is 5.08. The third kappa shape index (κ3) is 5.96. The molecule has 11 heteroatoms. The lowest BCUT2D eigenvalue weighted by molar-refractivity contribution is -0.121. The van der Waals surface area contributed by atoms with Crippen LogP contribution in [-0.4, -0.2) is 45.8 Å². The van der Waals surface area contributed by atoms with Gasteiger partial charge in [-0.3, -0.25) is 14.5 Å². The molecule has 1 fully saturated rings. The Morgan fingerprint density at radius 2 is 1.94 bits per heavy atom. The number of nitrogens with one attached hydrogen (secondary N) is 1. The van der Waals surface area contributed by atoms with Crippen LogP contribution in [0.4, 0.5) is 11.4 Å². The summed E-state index contributed by atoms with van der Waals surface area (Å²) in [7, 11) is 1.44. The molecule has 4 rings (SSSR count). The predicted octanol–water partition coefficient (Wildman–Crippen LogP) is 4.63. The number of aromatic hydroxyl groups is 2. The number of phenolic OH excluding ortho intramolecular Hbond substituents is 2. The molecular formula is C25H21ClN4O5S. The zero-order valence-corrected chi connectivity index (χ0v) is 20.5. The average molecular weight is 525 g/mol. The van der Waals surface area contributed by atoms with Crippen molar-refractivity contribution in [2.75, 3.05) is 17.3 Å². The van der Waals surface area contributed by atoms with Crippen molar-refractivity contribution in [1.29, 1.82) is 0 Å². The van der Waals surface area contributed by atoms with Crippen molar-refractivity contribution in [3.63, 3.8) is 0 Å². The van der Waals surface area contributed by atoms with Crippen molar-refractivity contribution in [1.82, 2.24) is 0 Å². The van der Waals surface area contributed by atoms with Crippen molar-refractivity contribution in [3.8, 4) is 17.2 Å². The highest BCUT2D eigenvalue weighted by molar-refractivity contribution is 8.16. The van der Waals surface area contributed by atoms with Crippen LogP contribution in [0.2, 0.25) is 5.02 Å². The summed E-state index contributed by atoms with van der Waals surface area (Å²) in [6, 6.07) is 17.5. The molecule has 1 aliphatic rings. The van der Waals surface area contributed by atoms with E-state index in [4.69, 9.17) is 16.3 Å². The van der Waals surface area contributed by atoms with Crippen molar-refractivity contribution >= 4 is 57.9 Å². The van der Waals surface area contributed by atoms with E-state index in [-0.39, 0.29) is 40.7 Å². The number of hydrogen-bond donors (Lipinski definition) is 3. The van der Waals surface area contributed by atoms with Crippen LogP contribution in [0.3, 0.4) is 0 Å². The Balaban J connectivity index is 1.56. The number of carbonyl (C=O) groups is 2. The summed E-state index contributed by atoms with van der Waals surface area (Å²) in [6.45, 7) is 0. The Bertz CT molecular complexity index is 1350. The summed E-state index contributed by atoms with van der Waals surface area (Å²) >= 11 is 6.98. The Kier molecular flexibility index (Phi) is 7.77. The minimum absolute atomic E-state index is 0.00677. The van der Waals surface area contributed by atoms with E-state index in [1.54, 1.807) is 48.5 Å². The van der Waals surface area contributed by atoms with E-state index in [0.29, 0.717) is 22.0 Å². The highest BCUT2D eigenvalue weighted by Gasteiger charge is 2.40. The van der Waals surface area contributed by atoms with E-state index in [2.05, 4.69) is 15.5 Å². The number of amidine groups is 1. The van der Waals surface area contributed by atoms with Gasteiger partial charge in [0, 0.05) is 23.2 Å². The van der Waals surface area contributed by atoms with Gasteiger partial charge in [-0.1, -0.05) is 29.4 Å². The topological polar surface area (TPSA) is 124 Å². The summed E-state index contributed by atoms with van der Waals surface area (Å²) in [4.78, 5) is 27.2. The maximum Gasteiger partial charge on any atom is 0.247 e. The molecule has 1 unspecified atom stereocenters. The van der Waals surface area contributed by atoms with E-state index in [1.807, 2.05) is 0 Å². The van der Waals surface area contributed by atoms with Gasteiger partial charge in [-0.2, -0.15) is 5.10 Å². The molecule has 3 aromatic carbocycles. The summed E-state index contributed by atoms with van der Waals surface area (Å²) in [6.07, 6.45) is 1.35. The molecule has 0 bridgehead atoms. The minimum atomic E-state index is -0.748. The maximum absolute atomic E-state index is 13.3. The Morgan fingerprint density at radius 3 is 2.67 bits per heavy atom. The molecule has 36 heavy (non-hydrogen) atoms. The van der Waals surface area contributed by atoms with Crippen LogP contribution in [0.1, 0.15) is 12.0 Å². The van der Waals surface area contributed by atoms with Gasteiger partial charge >= 0.3 is 0 Å². The molecule has 0 radical (unpaired) electrons. The summed E-state index contributed by atoms with van der Waals surface area (Å²) in [5, 5.41) is 30.8. The van der Waals surface area contributed by atoms with Gasteiger partial charge in [-0.15, -0.1) is 5.10 Å². The lowest BCUT2D eigenvalue weighted by atomic mass is 10.2. The molecule has 3 aromatic rings. The maximum atomic E-state index is 13.3. The highest BCUT2D eigenvalue weighted by atomic mass is 35.5. The van der Waals surface area contributed by atoms with Crippen molar-refractivity contribution < 1.29 is 24.5 Å². The number of hydrogen-bond acceptors (Lipinski definition) is 8. The number of phenols is 2. The first-order valence-electron chi connectivity index (χ1n) is 10.7. The van der Waals surface area contributed by atoms with Crippen LogP contribution in [0.25, 0.3) is 0 Å². The fraction of sp³-hybridized carbons (Fsp3) is 0.120. The van der Waals surface area contributed by atoms with Crippen LogP contribution >= 0.6 is 23.4 Å². The molecule has 1 saturated heterocycles. The van der Waals surface area contributed by atoms with Crippen LogP contribution < -0.4 is 15.0 Å². The third-order valence-corrected chi connectivity index (χ3v) is 6.46. The lowest BCUT2D eigenvalue weighted by Crippen LogP contribution is -2.33. The van der Waals surface area contributed by atoms with Gasteiger partial charge in [0.2, 0.25) is 11.8 Å². The number of carbonyl (C=O) groups excluding carboxylic acids is 2. The Hall–Kier alpha value is -4.02. The first-order valence-corrected chi connectivity index (χ1v) is 11.9. The molecule has 9 nitrogen and oxygen atoms in total. The second-order valence-electron chi connectivity index (χ2n) is 7.62. The quantitative estimate of drug-likeness (QED) is 0.306. The second kappa shape index (κ2) is 11.1. The number of rotatable bonds is 7. The molecule has 0 aromatic heterocycles. The van der Waals surface area contributed by atoms with E-state index >= 15 is 0 Å². The van der Waals surface area contributed by atoms with E-state index in [9.17, 15) is 19.8 Å². The second-order valence-corrected chi connectivity index (χ2v) is 9.22. The molecule has 0 aliphatic carbocycles. The first kappa shape index (κ1) is 25.1. The molecule has 0 spiro atoms.